The third kappa shape index (κ3) is 2.92. The summed E-state index contributed by atoms with van der Waals surface area (Å²) in [7, 11) is 0. The molecular weight excluding hydrogens is 320 g/mol. The number of hydrogen-bond acceptors (Lipinski definition) is 3. The summed E-state index contributed by atoms with van der Waals surface area (Å²) in [6.07, 6.45) is 2.46. The van der Waals surface area contributed by atoms with E-state index < -0.39 is 0 Å². The van der Waals surface area contributed by atoms with Gasteiger partial charge in [0.1, 0.15) is 5.75 Å². The van der Waals surface area contributed by atoms with Gasteiger partial charge in [-0.15, -0.1) is 0 Å². The molecule has 126 valence electrons. The number of nitrogens with one attached hydrogen (secondary N) is 1. The highest BCUT2D eigenvalue weighted by Crippen LogP contribution is 2.46. The first-order valence-corrected chi connectivity index (χ1v) is 9.17. The summed E-state index contributed by atoms with van der Waals surface area (Å²) in [5.74, 6) is 1.69. The Balaban J connectivity index is 1.68. The Hall–Kier alpha value is -1.55. The summed E-state index contributed by atoms with van der Waals surface area (Å²) in [5, 5.41) is 4.56. The number of hydrogen-bond donors (Lipinski definition) is 1. The number of likely N-dealkylation sites (tertiary alicyclic amines) is 1. The lowest BCUT2D eigenvalue weighted by atomic mass is 9.92. The number of nitrogens with zero attached hydrogens (tertiary/aromatic N) is 1. The van der Waals surface area contributed by atoms with E-state index in [1.165, 1.54) is 24.9 Å². The molecule has 4 rings (SSSR count). The van der Waals surface area contributed by atoms with Crippen LogP contribution in [0.2, 0.25) is 5.02 Å². The minimum Gasteiger partial charge on any atom is -0.455 e. The maximum absolute atomic E-state index is 6.40. The second kappa shape index (κ2) is 6.75. The summed E-state index contributed by atoms with van der Waals surface area (Å²) in [6, 6.07) is 14.9. The van der Waals surface area contributed by atoms with Gasteiger partial charge in [0.15, 0.2) is 5.75 Å². The van der Waals surface area contributed by atoms with Gasteiger partial charge in [0, 0.05) is 23.7 Å². The molecule has 2 aliphatic heterocycles. The van der Waals surface area contributed by atoms with E-state index in [-0.39, 0.29) is 6.04 Å². The van der Waals surface area contributed by atoms with E-state index in [1.807, 2.05) is 24.3 Å². The van der Waals surface area contributed by atoms with Gasteiger partial charge in [-0.3, -0.25) is 0 Å². The molecule has 0 spiro atoms. The molecule has 2 heterocycles. The standard InChI is InChI=1S/C20H23ClN2O/c1-2-23-12-6-7-14(13-23)22-19-15-8-3-4-11-18(15)24-20-16(19)9-5-10-17(20)21/h3-5,8-11,14,19,22H,2,6-7,12-13H2,1H3. The Morgan fingerprint density at radius 1 is 1.17 bits per heavy atom. The number of ether oxygens (including phenoxy) is 1. The van der Waals surface area contributed by atoms with E-state index in [9.17, 15) is 0 Å². The maximum Gasteiger partial charge on any atom is 0.151 e. The van der Waals surface area contributed by atoms with Crippen LogP contribution < -0.4 is 10.1 Å². The van der Waals surface area contributed by atoms with Crippen LogP contribution >= 0.6 is 11.6 Å². The topological polar surface area (TPSA) is 24.5 Å². The molecule has 1 saturated heterocycles. The van der Waals surface area contributed by atoms with Crippen LogP contribution in [-0.4, -0.2) is 30.6 Å². The fourth-order valence-corrected chi connectivity index (χ4v) is 4.06. The largest absolute Gasteiger partial charge is 0.455 e. The Bertz CT molecular complexity index is 733. The average Bonchev–Trinajstić information content (AvgIpc) is 2.62. The number of para-hydroxylation sites is 2. The SMILES string of the molecule is CCN1CCCC(NC2c3ccccc3Oc3c(Cl)cccc32)C1. The van der Waals surface area contributed by atoms with Gasteiger partial charge in [0.25, 0.3) is 0 Å². The zero-order chi connectivity index (χ0) is 16.5. The van der Waals surface area contributed by atoms with Gasteiger partial charge in [-0.05, 0) is 38.1 Å². The summed E-state index contributed by atoms with van der Waals surface area (Å²) in [4.78, 5) is 2.52. The summed E-state index contributed by atoms with van der Waals surface area (Å²) in [6.45, 7) is 5.67. The first-order valence-electron chi connectivity index (χ1n) is 8.80. The molecule has 0 saturated carbocycles. The fraction of sp³-hybridized carbons (Fsp3) is 0.400. The Kier molecular flexibility index (Phi) is 4.49. The number of piperidine rings is 1. The van der Waals surface area contributed by atoms with Gasteiger partial charge in [-0.2, -0.15) is 0 Å². The predicted molar refractivity (Wildman–Crippen MR) is 98.1 cm³/mol. The van der Waals surface area contributed by atoms with Crippen molar-refractivity contribution in [1.29, 1.82) is 0 Å². The first-order chi connectivity index (χ1) is 11.8. The first kappa shape index (κ1) is 15.9. The van der Waals surface area contributed by atoms with Gasteiger partial charge in [0.2, 0.25) is 0 Å². The Labute approximate surface area is 148 Å². The van der Waals surface area contributed by atoms with Crippen LogP contribution in [0.5, 0.6) is 11.5 Å². The van der Waals surface area contributed by atoms with Crippen LogP contribution in [0, 0.1) is 0 Å². The van der Waals surface area contributed by atoms with Crippen LogP contribution in [0.3, 0.4) is 0 Å². The maximum atomic E-state index is 6.40. The van der Waals surface area contributed by atoms with Gasteiger partial charge in [0.05, 0.1) is 11.1 Å². The number of likely N-dealkylation sites (N-methyl/N-ethyl adjacent to an activating group) is 1. The van der Waals surface area contributed by atoms with Crippen LogP contribution in [0.25, 0.3) is 0 Å². The number of benzene rings is 2. The predicted octanol–water partition coefficient (Wildman–Crippen LogP) is 4.61. The highest BCUT2D eigenvalue weighted by atomic mass is 35.5. The van der Waals surface area contributed by atoms with E-state index in [1.54, 1.807) is 0 Å². The van der Waals surface area contributed by atoms with Gasteiger partial charge >= 0.3 is 0 Å². The highest BCUT2D eigenvalue weighted by Gasteiger charge is 2.31. The van der Waals surface area contributed by atoms with Crippen LogP contribution in [0.15, 0.2) is 42.5 Å². The molecule has 2 aliphatic rings. The molecule has 2 atom stereocenters. The van der Waals surface area contributed by atoms with Gasteiger partial charge in [-0.1, -0.05) is 48.9 Å². The van der Waals surface area contributed by atoms with Crippen molar-refractivity contribution < 1.29 is 4.74 Å². The molecule has 0 radical (unpaired) electrons. The third-order valence-corrected chi connectivity index (χ3v) is 5.40. The van der Waals surface area contributed by atoms with Crippen molar-refractivity contribution in [3.63, 3.8) is 0 Å². The van der Waals surface area contributed by atoms with E-state index in [2.05, 4.69) is 35.3 Å². The fourth-order valence-electron chi connectivity index (χ4n) is 3.84. The lowest BCUT2D eigenvalue weighted by Crippen LogP contribution is -2.47. The van der Waals surface area contributed by atoms with Gasteiger partial charge in [-0.25, -0.2) is 0 Å². The van der Waals surface area contributed by atoms with E-state index in [0.717, 1.165) is 30.2 Å². The molecule has 0 aromatic heterocycles. The van der Waals surface area contributed by atoms with E-state index >= 15 is 0 Å². The molecule has 24 heavy (non-hydrogen) atoms. The Morgan fingerprint density at radius 3 is 2.88 bits per heavy atom. The molecule has 3 nitrogen and oxygen atoms in total. The molecule has 0 amide bonds. The Morgan fingerprint density at radius 2 is 2.00 bits per heavy atom. The lowest BCUT2D eigenvalue weighted by molar-refractivity contribution is 0.192. The minimum atomic E-state index is 0.130. The normalized spacial score (nSPS) is 23.2. The van der Waals surface area contributed by atoms with Crippen molar-refractivity contribution in [2.75, 3.05) is 19.6 Å². The highest BCUT2D eigenvalue weighted by molar-refractivity contribution is 6.32. The van der Waals surface area contributed by atoms with Crippen molar-refractivity contribution in [3.05, 3.63) is 58.6 Å². The molecular formula is C20H23ClN2O. The number of fused-ring (bicyclic) bond motifs is 2. The quantitative estimate of drug-likeness (QED) is 0.881. The van der Waals surface area contributed by atoms with E-state index in [0.29, 0.717) is 11.1 Å². The minimum absolute atomic E-state index is 0.130. The number of halogens is 1. The second-order valence-corrected chi connectivity index (χ2v) is 7.04. The average molecular weight is 343 g/mol. The molecule has 2 unspecified atom stereocenters. The summed E-state index contributed by atoms with van der Waals surface area (Å²) < 4.78 is 6.09. The smallest absolute Gasteiger partial charge is 0.151 e. The van der Waals surface area contributed by atoms with Crippen molar-refractivity contribution in [1.82, 2.24) is 10.2 Å². The molecule has 0 aliphatic carbocycles. The lowest BCUT2D eigenvalue weighted by Gasteiger charge is -2.37. The monoisotopic (exact) mass is 342 g/mol. The van der Waals surface area contributed by atoms with Crippen molar-refractivity contribution >= 4 is 11.6 Å². The van der Waals surface area contributed by atoms with Crippen LogP contribution in [0.1, 0.15) is 36.9 Å². The van der Waals surface area contributed by atoms with Gasteiger partial charge < -0.3 is 15.0 Å². The zero-order valence-electron chi connectivity index (χ0n) is 14.0. The van der Waals surface area contributed by atoms with Crippen LogP contribution in [0.4, 0.5) is 0 Å². The zero-order valence-corrected chi connectivity index (χ0v) is 14.7. The third-order valence-electron chi connectivity index (χ3n) is 5.11. The molecule has 0 bridgehead atoms. The van der Waals surface area contributed by atoms with Crippen molar-refractivity contribution in [2.45, 2.75) is 31.8 Å². The molecule has 4 heteroatoms. The second-order valence-electron chi connectivity index (χ2n) is 6.63. The van der Waals surface area contributed by atoms with Crippen molar-refractivity contribution in [3.8, 4) is 11.5 Å². The molecule has 2 aromatic carbocycles. The molecule has 1 fully saturated rings. The van der Waals surface area contributed by atoms with E-state index in [4.69, 9.17) is 16.3 Å². The molecule has 2 aromatic rings. The van der Waals surface area contributed by atoms with Crippen LogP contribution in [-0.2, 0) is 0 Å². The summed E-state index contributed by atoms with van der Waals surface area (Å²) in [5.41, 5.74) is 2.33. The van der Waals surface area contributed by atoms with Crippen molar-refractivity contribution in [2.24, 2.45) is 0 Å². The number of rotatable bonds is 3. The summed E-state index contributed by atoms with van der Waals surface area (Å²) >= 11 is 6.40. The molecule has 1 N–H and O–H groups in total.